The molecule has 8 heteroatoms. The lowest BCUT2D eigenvalue weighted by molar-refractivity contribution is 0.0676. The minimum Gasteiger partial charge on any atom is -0.355 e. The highest BCUT2D eigenvalue weighted by Gasteiger charge is 2.37. The van der Waals surface area contributed by atoms with Crippen molar-refractivity contribution in [2.45, 2.75) is 25.2 Å². The van der Waals surface area contributed by atoms with E-state index in [0.717, 1.165) is 18.5 Å². The maximum absolute atomic E-state index is 12.4. The van der Waals surface area contributed by atoms with E-state index in [1.54, 1.807) is 25.0 Å². The molecule has 2 aromatic heterocycles. The summed E-state index contributed by atoms with van der Waals surface area (Å²) in [4.78, 5) is 30.8. The van der Waals surface area contributed by atoms with Gasteiger partial charge in [0.25, 0.3) is 11.8 Å². The highest BCUT2D eigenvalue weighted by molar-refractivity contribution is 7.11. The smallest absolute Gasteiger partial charge is 0.265 e. The number of hydrogen-bond acceptors (Lipinski definition) is 5. The minimum atomic E-state index is -0.192. The summed E-state index contributed by atoms with van der Waals surface area (Å²) in [6, 6.07) is 0. The molecule has 0 radical (unpaired) electrons. The lowest BCUT2D eigenvalue weighted by Gasteiger charge is -2.39. The summed E-state index contributed by atoms with van der Waals surface area (Å²) in [5.41, 5.74) is 2.91. The van der Waals surface area contributed by atoms with Gasteiger partial charge in [0.15, 0.2) is 0 Å². The third-order valence-corrected chi connectivity index (χ3v) is 5.27. The number of rotatable bonds is 3. The van der Waals surface area contributed by atoms with Gasteiger partial charge in [-0.2, -0.15) is 5.10 Å². The number of aromatic amines is 1. The van der Waals surface area contributed by atoms with Gasteiger partial charge in [-0.15, -0.1) is 11.3 Å². The van der Waals surface area contributed by atoms with E-state index in [1.165, 1.54) is 11.3 Å². The summed E-state index contributed by atoms with van der Waals surface area (Å²) in [6.45, 7) is 3.42. The Hall–Kier alpha value is -2.22. The number of carbonyl (C=O) groups excluding carboxylic acids is 2. The molecule has 2 aromatic rings. The van der Waals surface area contributed by atoms with E-state index < -0.39 is 0 Å². The number of nitrogens with zero attached hydrogens (tertiary/aromatic N) is 3. The lowest BCUT2D eigenvalue weighted by Crippen LogP contribution is -2.44. The number of aromatic nitrogens is 3. The number of likely N-dealkylation sites (tertiary alicyclic amines) is 1. The molecule has 3 rings (SSSR count). The molecule has 2 amide bonds. The van der Waals surface area contributed by atoms with Crippen molar-refractivity contribution >= 4 is 23.2 Å². The number of carbonyl (C=O) groups is 2. The van der Waals surface area contributed by atoms with E-state index in [1.807, 2.05) is 4.90 Å². The molecule has 1 fully saturated rings. The van der Waals surface area contributed by atoms with Crippen LogP contribution < -0.4 is 5.32 Å². The topological polar surface area (TPSA) is 91.0 Å². The quantitative estimate of drug-likeness (QED) is 0.889. The first kappa shape index (κ1) is 15.7. The van der Waals surface area contributed by atoms with Crippen molar-refractivity contribution in [1.29, 1.82) is 0 Å². The Labute approximate surface area is 138 Å². The normalized spacial score (nSPS) is 17.0. The average Bonchev–Trinajstić information content (AvgIpc) is 3.25. The predicted octanol–water partition coefficient (Wildman–Crippen LogP) is 1.42. The summed E-state index contributed by atoms with van der Waals surface area (Å²) in [6.07, 6.45) is 4.74. The van der Waals surface area contributed by atoms with Crippen LogP contribution in [-0.4, -0.2) is 52.0 Å². The van der Waals surface area contributed by atoms with Gasteiger partial charge in [-0.05, 0) is 12.8 Å². The third kappa shape index (κ3) is 2.86. The van der Waals surface area contributed by atoms with Crippen LogP contribution in [0.15, 0.2) is 17.9 Å². The van der Waals surface area contributed by atoms with E-state index in [0.29, 0.717) is 23.5 Å². The standard InChI is InChI=1S/C15H19N5O2S/c1-15(12-10(7-18-19-12)13(21)16-2)3-5-20(6-4-15)14(22)11-8-17-9-23-11/h7-9H,3-6H2,1-2H3,(H,16,21)(H,18,19). The van der Waals surface area contributed by atoms with E-state index in [9.17, 15) is 9.59 Å². The van der Waals surface area contributed by atoms with Gasteiger partial charge in [0.1, 0.15) is 4.88 Å². The van der Waals surface area contributed by atoms with Crippen LogP contribution in [0.3, 0.4) is 0 Å². The average molecular weight is 333 g/mol. The Bertz CT molecular complexity index is 701. The molecule has 0 saturated carbocycles. The van der Waals surface area contributed by atoms with E-state index in [-0.39, 0.29) is 17.2 Å². The maximum Gasteiger partial charge on any atom is 0.265 e. The summed E-state index contributed by atoms with van der Waals surface area (Å²) in [7, 11) is 1.61. The number of hydrogen-bond donors (Lipinski definition) is 2. The molecule has 0 aliphatic carbocycles. The van der Waals surface area contributed by atoms with Crippen molar-refractivity contribution in [3.05, 3.63) is 34.0 Å². The third-order valence-electron chi connectivity index (χ3n) is 4.51. The molecule has 1 aliphatic heterocycles. The first-order chi connectivity index (χ1) is 11.0. The Morgan fingerprint density at radius 3 is 2.70 bits per heavy atom. The second-order valence-electron chi connectivity index (χ2n) is 5.96. The molecule has 2 N–H and O–H groups in total. The Kier molecular flexibility index (Phi) is 4.16. The van der Waals surface area contributed by atoms with Crippen molar-refractivity contribution in [2.24, 2.45) is 0 Å². The summed E-state index contributed by atoms with van der Waals surface area (Å²) in [5.74, 6) is -0.108. The van der Waals surface area contributed by atoms with Crippen LogP contribution in [0.4, 0.5) is 0 Å². The van der Waals surface area contributed by atoms with Gasteiger partial charge in [0.2, 0.25) is 0 Å². The Balaban J connectivity index is 1.74. The van der Waals surface area contributed by atoms with Crippen molar-refractivity contribution < 1.29 is 9.59 Å². The van der Waals surface area contributed by atoms with Gasteiger partial charge >= 0.3 is 0 Å². The largest absolute Gasteiger partial charge is 0.355 e. The van der Waals surface area contributed by atoms with Crippen LogP contribution in [-0.2, 0) is 5.41 Å². The molecule has 23 heavy (non-hydrogen) atoms. The molecular formula is C15H19N5O2S. The second-order valence-corrected chi connectivity index (χ2v) is 6.84. The molecule has 0 atom stereocenters. The van der Waals surface area contributed by atoms with Crippen LogP contribution >= 0.6 is 11.3 Å². The molecule has 1 saturated heterocycles. The van der Waals surface area contributed by atoms with Crippen molar-refractivity contribution in [1.82, 2.24) is 25.4 Å². The van der Waals surface area contributed by atoms with Crippen LogP contribution in [0.25, 0.3) is 0 Å². The van der Waals surface area contributed by atoms with Gasteiger partial charge < -0.3 is 10.2 Å². The maximum atomic E-state index is 12.4. The van der Waals surface area contributed by atoms with Crippen molar-refractivity contribution in [3.63, 3.8) is 0 Å². The molecule has 7 nitrogen and oxygen atoms in total. The van der Waals surface area contributed by atoms with Crippen LogP contribution in [0, 0.1) is 0 Å². The van der Waals surface area contributed by atoms with Crippen molar-refractivity contribution in [2.75, 3.05) is 20.1 Å². The van der Waals surface area contributed by atoms with Gasteiger partial charge in [-0.25, -0.2) is 0 Å². The second kappa shape index (κ2) is 6.11. The fourth-order valence-corrected chi connectivity index (χ4v) is 3.57. The monoisotopic (exact) mass is 333 g/mol. The zero-order valence-corrected chi connectivity index (χ0v) is 13.9. The van der Waals surface area contributed by atoms with Gasteiger partial charge in [-0.3, -0.25) is 19.7 Å². The van der Waals surface area contributed by atoms with Crippen LogP contribution in [0.5, 0.6) is 0 Å². The number of H-pyrrole nitrogens is 1. The SMILES string of the molecule is CNC(=O)c1cn[nH]c1C1(C)CCN(C(=O)c2cncs2)CC1. The number of amides is 2. The molecule has 0 bridgehead atoms. The van der Waals surface area contributed by atoms with E-state index in [2.05, 4.69) is 27.4 Å². The zero-order chi connectivity index (χ0) is 16.4. The molecule has 122 valence electrons. The molecule has 1 aliphatic rings. The molecule has 0 unspecified atom stereocenters. The molecule has 0 spiro atoms. The first-order valence-electron chi connectivity index (χ1n) is 7.49. The van der Waals surface area contributed by atoms with Gasteiger partial charge in [0.05, 0.1) is 29.2 Å². The minimum absolute atomic E-state index is 0.0330. The highest BCUT2D eigenvalue weighted by atomic mass is 32.1. The molecular weight excluding hydrogens is 314 g/mol. The molecule has 3 heterocycles. The highest BCUT2D eigenvalue weighted by Crippen LogP contribution is 2.36. The predicted molar refractivity (Wildman–Crippen MR) is 86.6 cm³/mol. The lowest BCUT2D eigenvalue weighted by atomic mass is 9.76. The number of nitrogens with one attached hydrogen (secondary N) is 2. The number of piperidine rings is 1. The first-order valence-corrected chi connectivity index (χ1v) is 8.37. The summed E-state index contributed by atoms with van der Waals surface area (Å²) in [5, 5.41) is 9.65. The molecule has 0 aromatic carbocycles. The Morgan fingerprint density at radius 2 is 2.09 bits per heavy atom. The number of thiazole rings is 1. The Morgan fingerprint density at radius 1 is 1.35 bits per heavy atom. The van der Waals surface area contributed by atoms with Gasteiger partial charge in [0, 0.05) is 25.6 Å². The van der Waals surface area contributed by atoms with E-state index >= 15 is 0 Å². The summed E-state index contributed by atoms with van der Waals surface area (Å²) >= 11 is 1.36. The van der Waals surface area contributed by atoms with Crippen LogP contribution in [0.1, 0.15) is 45.5 Å². The summed E-state index contributed by atoms with van der Waals surface area (Å²) < 4.78 is 0. The van der Waals surface area contributed by atoms with Crippen LogP contribution in [0.2, 0.25) is 0 Å². The zero-order valence-electron chi connectivity index (χ0n) is 13.1. The van der Waals surface area contributed by atoms with Gasteiger partial charge in [-0.1, -0.05) is 6.92 Å². The fourth-order valence-electron chi connectivity index (χ4n) is 2.98. The van der Waals surface area contributed by atoms with Crippen molar-refractivity contribution in [3.8, 4) is 0 Å². The van der Waals surface area contributed by atoms with E-state index in [4.69, 9.17) is 0 Å². The fraction of sp³-hybridized carbons (Fsp3) is 0.467.